The van der Waals surface area contributed by atoms with Gasteiger partial charge in [0.15, 0.2) is 0 Å². The number of aliphatic carboxylic acids is 1. The molecule has 108 valence electrons. The maximum Gasteiger partial charge on any atom is 0.306 e. The minimum atomic E-state index is -0.783. The van der Waals surface area contributed by atoms with Crippen molar-refractivity contribution < 1.29 is 14.7 Å². The average molecular weight is 340 g/mol. The Bertz CT molecular complexity index is 504. The summed E-state index contributed by atoms with van der Waals surface area (Å²) < 4.78 is 0.979. The van der Waals surface area contributed by atoms with Crippen LogP contribution >= 0.6 is 15.9 Å². The molecule has 0 bridgehead atoms. The predicted octanol–water partition coefficient (Wildman–Crippen LogP) is 2.96. The van der Waals surface area contributed by atoms with Crippen LogP contribution in [0.15, 0.2) is 28.7 Å². The lowest BCUT2D eigenvalue weighted by Crippen LogP contribution is -2.35. The molecular formula is C15H18BrNO3. The van der Waals surface area contributed by atoms with E-state index in [4.69, 9.17) is 5.11 Å². The van der Waals surface area contributed by atoms with Crippen LogP contribution in [-0.4, -0.2) is 17.0 Å². The minimum Gasteiger partial charge on any atom is -0.481 e. The summed E-state index contributed by atoms with van der Waals surface area (Å²) in [6, 6.07) is 7.77. The highest BCUT2D eigenvalue weighted by molar-refractivity contribution is 9.10. The second-order valence-electron chi connectivity index (χ2n) is 5.25. The highest BCUT2D eigenvalue weighted by Crippen LogP contribution is 2.29. The maximum atomic E-state index is 12.1. The summed E-state index contributed by atoms with van der Waals surface area (Å²) >= 11 is 3.39. The Morgan fingerprint density at radius 3 is 2.75 bits per heavy atom. The van der Waals surface area contributed by atoms with Crippen LogP contribution < -0.4 is 5.32 Å². The van der Waals surface area contributed by atoms with Gasteiger partial charge >= 0.3 is 5.97 Å². The molecule has 1 aromatic carbocycles. The molecule has 0 aliphatic heterocycles. The molecule has 5 heteroatoms. The largest absolute Gasteiger partial charge is 0.481 e. The first-order chi connectivity index (χ1) is 9.56. The van der Waals surface area contributed by atoms with Crippen LogP contribution in [-0.2, 0) is 16.1 Å². The molecule has 0 unspecified atom stereocenters. The Morgan fingerprint density at radius 1 is 1.30 bits per heavy atom. The van der Waals surface area contributed by atoms with Gasteiger partial charge in [0.1, 0.15) is 0 Å². The monoisotopic (exact) mass is 339 g/mol. The molecule has 0 heterocycles. The molecule has 0 aromatic heterocycles. The van der Waals surface area contributed by atoms with E-state index in [1.54, 1.807) is 0 Å². The van der Waals surface area contributed by atoms with Crippen molar-refractivity contribution in [1.29, 1.82) is 0 Å². The highest BCUT2D eigenvalue weighted by atomic mass is 79.9. The van der Waals surface area contributed by atoms with Gasteiger partial charge in [-0.05, 0) is 37.0 Å². The van der Waals surface area contributed by atoms with Gasteiger partial charge in [-0.25, -0.2) is 0 Å². The summed E-state index contributed by atoms with van der Waals surface area (Å²) in [5, 5.41) is 11.9. The van der Waals surface area contributed by atoms with Crippen molar-refractivity contribution in [1.82, 2.24) is 5.32 Å². The molecule has 1 aliphatic carbocycles. The Kier molecular flexibility index (Phi) is 5.17. The van der Waals surface area contributed by atoms with Gasteiger partial charge in [0.25, 0.3) is 0 Å². The molecular weight excluding hydrogens is 322 g/mol. The highest BCUT2D eigenvalue weighted by Gasteiger charge is 2.30. The van der Waals surface area contributed by atoms with E-state index in [9.17, 15) is 9.59 Å². The Morgan fingerprint density at radius 2 is 2.05 bits per heavy atom. The van der Waals surface area contributed by atoms with E-state index in [0.29, 0.717) is 19.4 Å². The van der Waals surface area contributed by atoms with Crippen LogP contribution in [0.25, 0.3) is 0 Å². The summed E-state index contributed by atoms with van der Waals surface area (Å²) in [5.74, 6) is -1.35. The van der Waals surface area contributed by atoms with E-state index < -0.39 is 5.97 Å². The van der Waals surface area contributed by atoms with Crippen LogP contribution in [0.3, 0.4) is 0 Å². The molecule has 20 heavy (non-hydrogen) atoms. The lowest BCUT2D eigenvalue weighted by molar-refractivity contribution is -0.144. The topological polar surface area (TPSA) is 66.4 Å². The first-order valence-corrected chi connectivity index (χ1v) is 7.60. The fraction of sp³-hybridized carbons (Fsp3) is 0.467. The minimum absolute atomic E-state index is 0.0316. The van der Waals surface area contributed by atoms with Gasteiger partial charge < -0.3 is 10.4 Å². The summed E-state index contributed by atoms with van der Waals surface area (Å²) in [7, 11) is 0. The third-order valence-electron chi connectivity index (χ3n) is 3.75. The van der Waals surface area contributed by atoms with E-state index in [1.165, 1.54) is 0 Å². The van der Waals surface area contributed by atoms with Gasteiger partial charge in [0.2, 0.25) is 5.91 Å². The first-order valence-electron chi connectivity index (χ1n) is 6.81. The van der Waals surface area contributed by atoms with E-state index >= 15 is 0 Å². The molecule has 1 saturated carbocycles. The van der Waals surface area contributed by atoms with Crippen molar-refractivity contribution in [3.63, 3.8) is 0 Å². The number of carboxylic acids is 1. The number of benzene rings is 1. The molecule has 0 radical (unpaired) electrons. The van der Waals surface area contributed by atoms with Crippen molar-refractivity contribution in [2.45, 2.75) is 32.2 Å². The number of amides is 1. The van der Waals surface area contributed by atoms with Gasteiger partial charge in [-0.15, -0.1) is 0 Å². The predicted molar refractivity (Wildman–Crippen MR) is 79.1 cm³/mol. The molecule has 2 rings (SSSR count). The number of nitrogens with one attached hydrogen (secondary N) is 1. The van der Waals surface area contributed by atoms with Crippen LogP contribution in [0.5, 0.6) is 0 Å². The summed E-state index contributed by atoms with van der Waals surface area (Å²) in [4.78, 5) is 23.1. The van der Waals surface area contributed by atoms with Gasteiger partial charge in [0, 0.05) is 16.9 Å². The molecule has 1 amide bonds. The SMILES string of the molecule is O=C(O)[C@@H]1CCC[C@H](C(=O)NCc2cccc(Br)c2)C1. The number of carbonyl (C=O) groups is 2. The Hall–Kier alpha value is -1.36. The van der Waals surface area contributed by atoms with Crippen LogP contribution in [0.4, 0.5) is 0 Å². The zero-order valence-corrected chi connectivity index (χ0v) is 12.7. The van der Waals surface area contributed by atoms with E-state index in [2.05, 4.69) is 21.2 Å². The number of halogens is 1. The average Bonchev–Trinajstić information content (AvgIpc) is 2.45. The lowest BCUT2D eigenvalue weighted by atomic mass is 9.81. The molecule has 4 nitrogen and oxygen atoms in total. The Labute approximate surface area is 126 Å². The zero-order chi connectivity index (χ0) is 14.5. The second kappa shape index (κ2) is 6.88. The number of carbonyl (C=O) groups excluding carboxylic acids is 1. The van der Waals surface area contributed by atoms with Gasteiger partial charge in [-0.2, -0.15) is 0 Å². The van der Waals surface area contributed by atoms with Gasteiger partial charge in [-0.3, -0.25) is 9.59 Å². The second-order valence-corrected chi connectivity index (χ2v) is 6.16. The molecule has 0 saturated heterocycles. The molecule has 1 aliphatic rings. The molecule has 2 atom stereocenters. The van der Waals surface area contributed by atoms with Crippen LogP contribution in [0.1, 0.15) is 31.2 Å². The quantitative estimate of drug-likeness (QED) is 0.886. The normalized spacial score (nSPS) is 22.2. The molecule has 0 spiro atoms. The molecule has 1 aromatic rings. The van der Waals surface area contributed by atoms with Crippen LogP contribution in [0, 0.1) is 11.8 Å². The van der Waals surface area contributed by atoms with Gasteiger partial charge in [-0.1, -0.05) is 34.5 Å². The number of hydrogen-bond donors (Lipinski definition) is 2. The van der Waals surface area contributed by atoms with Crippen molar-refractivity contribution in [2.75, 3.05) is 0 Å². The summed E-state index contributed by atoms with van der Waals surface area (Å²) in [6.07, 6.45) is 2.74. The Balaban J connectivity index is 1.87. The number of hydrogen-bond acceptors (Lipinski definition) is 2. The number of carboxylic acid groups (broad SMARTS) is 1. The smallest absolute Gasteiger partial charge is 0.306 e. The number of rotatable bonds is 4. The molecule has 2 N–H and O–H groups in total. The van der Waals surface area contributed by atoms with Crippen molar-refractivity contribution in [3.8, 4) is 0 Å². The van der Waals surface area contributed by atoms with E-state index in [1.807, 2.05) is 24.3 Å². The van der Waals surface area contributed by atoms with Gasteiger partial charge in [0.05, 0.1) is 5.92 Å². The van der Waals surface area contributed by atoms with Crippen LogP contribution in [0.2, 0.25) is 0 Å². The lowest BCUT2D eigenvalue weighted by Gasteiger charge is -2.25. The third-order valence-corrected chi connectivity index (χ3v) is 4.24. The van der Waals surface area contributed by atoms with Crippen molar-refractivity contribution >= 4 is 27.8 Å². The van der Waals surface area contributed by atoms with E-state index in [0.717, 1.165) is 22.9 Å². The van der Waals surface area contributed by atoms with Crippen molar-refractivity contribution in [3.05, 3.63) is 34.3 Å². The maximum absolute atomic E-state index is 12.1. The standard InChI is InChI=1S/C15H18BrNO3/c16-13-6-1-3-10(7-13)9-17-14(18)11-4-2-5-12(8-11)15(19)20/h1,3,6-7,11-12H,2,4-5,8-9H2,(H,17,18)(H,19,20)/t11-,12+/m0/s1. The summed E-state index contributed by atoms with van der Waals surface area (Å²) in [5.41, 5.74) is 1.03. The summed E-state index contributed by atoms with van der Waals surface area (Å²) in [6.45, 7) is 0.479. The third kappa shape index (κ3) is 4.07. The fourth-order valence-electron chi connectivity index (χ4n) is 2.63. The van der Waals surface area contributed by atoms with E-state index in [-0.39, 0.29) is 17.7 Å². The molecule has 1 fully saturated rings. The van der Waals surface area contributed by atoms with Crippen molar-refractivity contribution in [2.24, 2.45) is 11.8 Å². The fourth-order valence-corrected chi connectivity index (χ4v) is 3.08. The zero-order valence-electron chi connectivity index (χ0n) is 11.1. The first kappa shape index (κ1) is 15.0.